The van der Waals surface area contributed by atoms with Crippen molar-refractivity contribution in [3.8, 4) is 0 Å². The van der Waals surface area contributed by atoms with E-state index in [1.54, 1.807) is 6.92 Å². The topological polar surface area (TPSA) is 47.9 Å². The van der Waals surface area contributed by atoms with E-state index in [0.29, 0.717) is 0 Å². The minimum Gasteiger partial charge on any atom is -0.357 e. The van der Waals surface area contributed by atoms with Crippen LogP contribution in [-0.2, 0) is 10.2 Å². The van der Waals surface area contributed by atoms with E-state index in [1.807, 2.05) is 4.90 Å². The average Bonchev–Trinajstić information content (AvgIpc) is 2.59. The van der Waals surface area contributed by atoms with Crippen LogP contribution in [-0.4, -0.2) is 60.9 Å². The summed E-state index contributed by atoms with van der Waals surface area (Å²) in [6.07, 6.45) is 0. The van der Waals surface area contributed by atoms with Crippen LogP contribution in [0.5, 0.6) is 0 Å². The molecule has 0 unspecified atom stereocenters. The van der Waals surface area contributed by atoms with Gasteiger partial charge in [-0.15, -0.1) is 0 Å². The van der Waals surface area contributed by atoms with Crippen LogP contribution >= 0.6 is 0 Å². The molecule has 1 saturated heterocycles. The Kier molecular flexibility index (Phi) is 6.45. The summed E-state index contributed by atoms with van der Waals surface area (Å²) in [6, 6.07) is 8.53. The van der Waals surface area contributed by atoms with Gasteiger partial charge in [0, 0.05) is 45.1 Å². The van der Waals surface area contributed by atoms with Crippen LogP contribution in [0.2, 0.25) is 0 Å². The second-order valence-corrected chi connectivity index (χ2v) is 7.36. The molecule has 1 aliphatic heterocycles. The molecule has 0 aromatic heterocycles. The number of piperazine rings is 1. The van der Waals surface area contributed by atoms with Crippen molar-refractivity contribution in [2.75, 3.05) is 39.3 Å². The maximum Gasteiger partial charge on any atom is 0.219 e. The lowest BCUT2D eigenvalue weighted by molar-refractivity contribution is -0.130. The fraction of sp³-hybridized carbons (Fsp3) is 0.600. The number of aliphatic imine (C=N–C) groups is 1. The first-order valence-corrected chi connectivity index (χ1v) is 9.20. The highest BCUT2D eigenvalue weighted by Gasteiger charge is 2.24. The second kappa shape index (κ2) is 8.37. The van der Waals surface area contributed by atoms with Gasteiger partial charge in [-0.3, -0.25) is 9.79 Å². The summed E-state index contributed by atoms with van der Waals surface area (Å²) < 4.78 is 0. The summed E-state index contributed by atoms with van der Waals surface area (Å²) in [5, 5.41) is 3.41. The number of amides is 1. The fourth-order valence-electron chi connectivity index (χ4n) is 3.35. The Hall–Kier alpha value is -2.04. The minimum atomic E-state index is -0.0206. The third-order valence-electron chi connectivity index (χ3n) is 4.86. The summed E-state index contributed by atoms with van der Waals surface area (Å²) in [4.78, 5) is 20.6. The zero-order valence-corrected chi connectivity index (χ0v) is 16.3. The predicted molar refractivity (Wildman–Crippen MR) is 104 cm³/mol. The Morgan fingerprint density at radius 1 is 1.16 bits per heavy atom. The van der Waals surface area contributed by atoms with Gasteiger partial charge in [0.05, 0.1) is 6.54 Å². The Balaban J connectivity index is 2.09. The Morgan fingerprint density at radius 2 is 1.76 bits per heavy atom. The van der Waals surface area contributed by atoms with Crippen LogP contribution < -0.4 is 5.32 Å². The largest absolute Gasteiger partial charge is 0.357 e. The molecule has 5 nitrogen and oxygen atoms in total. The van der Waals surface area contributed by atoms with Crippen molar-refractivity contribution in [2.45, 2.75) is 40.0 Å². The molecule has 1 aliphatic rings. The molecule has 1 aromatic carbocycles. The van der Waals surface area contributed by atoms with E-state index in [0.717, 1.165) is 45.2 Å². The monoisotopic (exact) mass is 344 g/mol. The van der Waals surface area contributed by atoms with Gasteiger partial charge in [-0.2, -0.15) is 0 Å². The Morgan fingerprint density at radius 3 is 2.32 bits per heavy atom. The number of carbonyl (C=O) groups excluding carboxylic acids is 1. The summed E-state index contributed by atoms with van der Waals surface area (Å²) in [6.45, 7) is 15.1. The lowest BCUT2D eigenvalue weighted by Crippen LogP contribution is -2.53. The molecule has 138 valence electrons. The van der Waals surface area contributed by atoms with Gasteiger partial charge in [0.15, 0.2) is 5.96 Å². The van der Waals surface area contributed by atoms with Crippen LogP contribution in [0.25, 0.3) is 0 Å². The normalized spacial score (nSPS) is 16.1. The lowest BCUT2D eigenvalue weighted by Gasteiger charge is -2.36. The molecular formula is C20H32N4O. The number of rotatable bonds is 4. The van der Waals surface area contributed by atoms with Gasteiger partial charge in [-0.1, -0.05) is 38.1 Å². The molecule has 0 radical (unpaired) electrons. The van der Waals surface area contributed by atoms with Gasteiger partial charge in [0.1, 0.15) is 0 Å². The molecule has 1 fully saturated rings. The smallest absolute Gasteiger partial charge is 0.219 e. The van der Waals surface area contributed by atoms with Crippen LogP contribution in [0, 0.1) is 6.92 Å². The molecule has 0 saturated carbocycles. The number of guanidine groups is 1. The van der Waals surface area contributed by atoms with Crippen molar-refractivity contribution < 1.29 is 4.79 Å². The van der Waals surface area contributed by atoms with Crippen LogP contribution in [0.4, 0.5) is 0 Å². The van der Waals surface area contributed by atoms with Gasteiger partial charge < -0.3 is 15.1 Å². The third kappa shape index (κ3) is 4.97. The zero-order chi connectivity index (χ0) is 18.4. The lowest BCUT2D eigenvalue weighted by atomic mass is 9.82. The Labute approximate surface area is 152 Å². The third-order valence-corrected chi connectivity index (χ3v) is 4.86. The average molecular weight is 345 g/mol. The van der Waals surface area contributed by atoms with E-state index in [4.69, 9.17) is 4.99 Å². The standard InChI is InChI=1S/C20H32N4O/c1-6-21-19(24-13-11-23(12-14-24)17(3)25)22-15-20(4,5)18-10-8-7-9-16(18)2/h7-10H,6,11-15H2,1-5H3,(H,21,22). The van der Waals surface area contributed by atoms with Crippen LogP contribution in [0.15, 0.2) is 29.3 Å². The highest BCUT2D eigenvalue weighted by molar-refractivity contribution is 5.80. The van der Waals surface area contributed by atoms with Crippen molar-refractivity contribution in [2.24, 2.45) is 4.99 Å². The molecule has 0 atom stereocenters. The molecule has 0 bridgehead atoms. The number of benzene rings is 1. The molecule has 5 heteroatoms. The predicted octanol–water partition coefficient (Wildman–Crippen LogP) is 2.40. The van der Waals surface area contributed by atoms with Gasteiger partial charge in [-0.05, 0) is 25.0 Å². The van der Waals surface area contributed by atoms with Crippen LogP contribution in [0.3, 0.4) is 0 Å². The van der Waals surface area contributed by atoms with Crippen molar-refractivity contribution in [3.05, 3.63) is 35.4 Å². The number of nitrogens with one attached hydrogen (secondary N) is 1. The molecule has 1 amide bonds. The van der Waals surface area contributed by atoms with E-state index in [1.165, 1.54) is 11.1 Å². The highest BCUT2D eigenvalue weighted by Crippen LogP contribution is 2.26. The van der Waals surface area contributed by atoms with Gasteiger partial charge in [0.25, 0.3) is 0 Å². The van der Waals surface area contributed by atoms with E-state index >= 15 is 0 Å². The van der Waals surface area contributed by atoms with Crippen molar-refractivity contribution in [3.63, 3.8) is 0 Å². The molecule has 1 heterocycles. The van der Waals surface area contributed by atoms with Crippen molar-refractivity contribution >= 4 is 11.9 Å². The first kappa shape index (κ1) is 19.3. The number of carbonyl (C=O) groups is 1. The second-order valence-electron chi connectivity index (χ2n) is 7.36. The summed E-state index contributed by atoms with van der Waals surface area (Å²) in [5.74, 6) is 1.11. The van der Waals surface area contributed by atoms with Crippen LogP contribution in [0.1, 0.15) is 38.8 Å². The molecule has 1 aromatic rings. The van der Waals surface area contributed by atoms with E-state index in [2.05, 4.69) is 62.2 Å². The highest BCUT2D eigenvalue weighted by atomic mass is 16.2. The molecular weight excluding hydrogens is 312 g/mol. The van der Waals surface area contributed by atoms with Crippen molar-refractivity contribution in [1.29, 1.82) is 0 Å². The van der Waals surface area contributed by atoms with E-state index in [-0.39, 0.29) is 11.3 Å². The first-order chi connectivity index (χ1) is 11.8. The summed E-state index contributed by atoms with van der Waals surface area (Å²) >= 11 is 0. The number of nitrogens with zero attached hydrogens (tertiary/aromatic N) is 3. The van der Waals surface area contributed by atoms with Gasteiger partial charge in [0.2, 0.25) is 5.91 Å². The van der Waals surface area contributed by atoms with Crippen molar-refractivity contribution in [1.82, 2.24) is 15.1 Å². The minimum absolute atomic E-state index is 0.0206. The SMILES string of the molecule is CCNC(=NCC(C)(C)c1ccccc1C)N1CCN(C(C)=O)CC1. The van der Waals surface area contributed by atoms with Gasteiger partial charge >= 0.3 is 0 Å². The number of aryl methyl sites for hydroxylation is 1. The zero-order valence-electron chi connectivity index (χ0n) is 16.3. The maximum absolute atomic E-state index is 11.5. The molecule has 0 spiro atoms. The Bertz CT molecular complexity index is 616. The summed E-state index contributed by atoms with van der Waals surface area (Å²) in [5.41, 5.74) is 2.63. The molecule has 1 N–H and O–H groups in total. The molecule has 25 heavy (non-hydrogen) atoms. The van der Waals surface area contributed by atoms with E-state index in [9.17, 15) is 4.79 Å². The number of hydrogen-bond donors (Lipinski definition) is 1. The van der Waals surface area contributed by atoms with Gasteiger partial charge in [-0.25, -0.2) is 0 Å². The quantitative estimate of drug-likeness (QED) is 0.674. The summed E-state index contributed by atoms with van der Waals surface area (Å²) in [7, 11) is 0. The molecule has 0 aliphatic carbocycles. The fourth-order valence-corrected chi connectivity index (χ4v) is 3.35. The number of hydrogen-bond acceptors (Lipinski definition) is 2. The first-order valence-electron chi connectivity index (χ1n) is 9.20. The molecule has 2 rings (SSSR count). The van der Waals surface area contributed by atoms with E-state index < -0.39 is 0 Å². The maximum atomic E-state index is 11.5.